The standard InChI is InChI=1S/C20H18BrN5O3/c1-27-16-8-13(9-17(28-2)18(16)29-3)24-19-14(21)11-22-20(25-19)26-15-7-5-4-6-12(15)10-23-26/h4-11H,1-3H3,(H,22,24,25). The molecule has 0 bridgehead atoms. The number of para-hydroxylation sites is 1. The molecule has 0 aliphatic carbocycles. The first kappa shape index (κ1) is 19.0. The Labute approximate surface area is 175 Å². The average Bonchev–Trinajstić information content (AvgIpc) is 3.18. The Morgan fingerprint density at radius 2 is 1.69 bits per heavy atom. The number of hydrogen-bond donors (Lipinski definition) is 1. The van der Waals surface area contributed by atoms with Gasteiger partial charge >= 0.3 is 0 Å². The van der Waals surface area contributed by atoms with Gasteiger partial charge < -0.3 is 19.5 Å². The van der Waals surface area contributed by atoms with E-state index in [-0.39, 0.29) is 0 Å². The van der Waals surface area contributed by atoms with Crippen LogP contribution in [0.1, 0.15) is 0 Å². The van der Waals surface area contributed by atoms with E-state index in [1.165, 1.54) is 0 Å². The number of fused-ring (bicyclic) bond motifs is 1. The topological polar surface area (TPSA) is 83.3 Å². The number of benzene rings is 2. The number of anilines is 2. The SMILES string of the molecule is COc1cc(Nc2nc(-n3ncc4ccccc43)ncc2Br)cc(OC)c1OC. The predicted molar refractivity (Wildman–Crippen MR) is 114 cm³/mol. The van der Waals surface area contributed by atoms with Gasteiger partial charge in [-0.05, 0) is 22.0 Å². The lowest BCUT2D eigenvalue weighted by molar-refractivity contribution is 0.324. The summed E-state index contributed by atoms with van der Waals surface area (Å²) in [6.45, 7) is 0. The highest BCUT2D eigenvalue weighted by molar-refractivity contribution is 9.10. The van der Waals surface area contributed by atoms with Gasteiger partial charge in [-0.1, -0.05) is 18.2 Å². The van der Waals surface area contributed by atoms with Crippen LogP contribution in [0.4, 0.5) is 11.5 Å². The maximum absolute atomic E-state index is 5.41. The van der Waals surface area contributed by atoms with Crippen LogP contribution >= 0.6 is 15.9 Å². The number of nitrogens with zero attached hydrogens (tertiary/aromatic N) is 4. The van der Waals surface area contributed by atoms with E-state index in [4.69, 9.17) is 14.2 Å². The van der Waals surface area contributed by atoms with E-state index in [2.05, 4.69) is 36.3 Å². The molecule has 2 aromatic carbocycles. The van der Waals surface area contributed by atoms with Gasteiger partial charge in [0, 0.05) is 29.4 Å². The van der Waals surface area contributed by atoms with E-state index >= 15 is 0 Å². The minimum atomic E-state index is 0.448. The Morgan fingerprint density at radius 1 is 0.966 bits per heavy atom. The Morgan fingerprint density at radius 3 is 2.38 bits per heavy atom. The zero-order valence-corrected chi connectivity index (χ0v) is 17.6. The lowest BCUT2D eigenvalue weighted by atomic mass is 10.2. The average molecular weight is 456 g/mol. The molecule has 0 spiro atoms. The first-order valence-electron chi connectivity index (χ1n) is 8.67. The van der Waals surface area contributed by atoms with Crippen LogP contribution in [0, 0.1) is 0 Å². The third kappa shape index (κ3) is 3.56. The highest BCUT2D eigenvalue weighted by Crippen LogP contribution is 2.41. The van der Waals surface area contributed by atoms with Gasteiger partial charge in [0.05, 0.1) is 37.5 Å². The quantitative estimate of drug-likeness (QED) is 0.462. The Bertz CT molecular complexity index is 1150. The zero-order chi connectivity index (χ0) is 20.4. The number of methoxy groups -OCH3 is 3. The fourth-order valence-electron chi connectivity index (χ4n) is 2.97. The summed E-state index contributed by atoms with van der Waals surface area (Å²) in [7, 11) is 4.71. The fourth-order valence-corrected chi connectivity index (χ4v) is 3.26. The number of nitrogens with one attached hydrogen (secondary N) is 1. The predicted octanol–water partition coefficient (Wildman–Crippen LogP) is 4.35. The lowest BCUT2D eigenvalue weighted by Crippen LogP contribution is -2.06. The third-order valence-corrected chi connectivity index (χ3v) is 4.91. The summed E-state index contributed by atoms with van der Waals surface area (Å²) >= 11 is 3.50. The van der Waals surface area contributed by atoms with Gasteiger partial charge in [-0.2, -0.15) is 14.8 Å². The van der Waals surface area contributed by atoms with E-state index in [0.29, 0.717) is 33.5 Å². The van der Waals surface area contributed by atoms with E-state index in [1.807, 2.05) is 24.3 Å². The van der Waals surface area contributed by atoms with Crippen LogP contribution in [-0.2, 0) is 0 Å². The van der Waals surface area contributed by atoms with Crippen LogP contribution < -0.4 is 19.5 Å². The van der Waals surface area contributed by atoms with Gasteiger partial charge in [0.15, 0.2) is 11.5 Å². The molecule has 0 aliphatic heterocycles. The number of aromatic nitrogens is 4. The maximum atomic E-state index is 5.41. The normalized spacial score (nSPS) is 10.8. The van der Waals surface area contributed by atoms with Crippen molar-refractivity contribution in [1.82, 2.24) is 19.7 Å². The van der Waals surface area contributed by atoms with Crippen LogP contribution in [0.2, 0.25) is 0 Å². The molecule has 0 saturated heterocycles. The largest absolute Gasteiger partial charge is 0.493 e. The summed E-state index contributed by atoms with van der Waals surface area (Å²) in [6, 6.07) is 11.5. The molecule has 1 N–H and O–H groups in total. The van der Waals surface area contributed by atoms with Crippen molar-refractivity contribution in [2.45, 2.75) is 0 Å². The molecule has 0 fully saturated rings. The molecular formula is C20H18BrN5O3. The van der Waals surface area contributed by atoms with E-state index in [9.17, 15) is 0 Å². The highest BCUT2D eigenvalue weighted by atomic mass is 79.9. The summed E-state index contributed by atoms with van der Waals surface area (Å²) in [6.07, 6.45) is 3.46. The van der Waals surface area contributed by atoms with Crippen molar-refractivity contribution in [3.8, 4) is 23.2 Å². The molecule has 9 heteroatoms. The van der Waals surface area contributed by atoms with Crippen LogP contribution in [0.5, 0.6) is 17.2 Å². The first-order chi connectivity index (χ1) is 14.1. The molecular weight excluding hydrogens is 438 g/mol. The number of halogens is 1. The molecule has 0 aliphatic rings. The molecule has 0 saturated carbocycles. The van der Waals surface area contributed by atoms with Gasteiger partial charge in [-0.3, -0.25) is 0 Å². The van der Waals surface area contributed by atoms with Gasteiger partial charge in [-0.25, -0.2) is 4.98 Å². The van der Waals surface area contributed by atoms with Gasteiger partial charge in [0.1, 0.15) is 5.82 Å². The van der Waals surface area contributed by atoms with Crippen molar-refractivity contribution < 1.29 is 14.2 Å². The molecule has 2 heterocycles. The van der Waals surface area contributed by atoms with Gasteiger partial charge in [0.2, 0.25) is 5.75 Å². The van der Waals surface area contributed by atoms with Crippen molar-refractivity contribution in [1.29, 1.82) is 0 Å². The van der Waals surface area contributed by atoms with Gasteiger partial charge in [-0.15, -0.1) is 0 Å². The van der Waals surface area contributed by atoms with Crippen molar-refractivity contribution in [3.05, 3.63) is 53.3 Å². The number of ether oxygens (including phenoxy) is 3. The summed E-state index contributed by atoms with van der Waals surface area (Å²) in [5, 5.41) is 8.69. The van der Waals surface area contributed by atoms with Crippen molar-refractivity contribution in [2.24, 2.45) is 0 Å². The van der Waals surface area contributed by atoms with Crippen LogP contribution in [0.25, 0.3) is 16.9 Å². The summed E-state index contributed by atoms with van der Waals surface area (Å²) in [4.78, 5) is 9.03. The van der Waals surface area contributed by atoms with Crippen LogP contribution in [0.15, 0.2) is 53.3 Å². The van der Waals surface area contributed by atoms with E-state index < -0.39 is 0 Å². The fraction of sp³-hybridized carbons (Fsp3) is 0.150. The molecule has 29 heavy (non-hydrogen) atoms. The molecule has 0 unspecified atom stereocenters. The Kier molecular flexibility index (Phi) is 5.22. The van der Waals surface area contributed by atoms with Crippen LogP contribution in [0.3, 0.4) is 0 Å². The Balaban J connectivity index is 1.74. The maximum Gasteiger partial charge on any atom is 0.253 e. The van der Waals surface area contributed by atoms with Crippen molar-refractivity contribution >= 4 is 38.3 Å². The number of hydrogen-bond acceptors (Lipinski definition) is 7. The molecule has 2 aromatic heterocycles. The van der Waals surface area contributed by atoms with E-state index in [0.717, 1.165) is 16.6 Å². The summed E-state index contributed by atoms with van der Waals surface area (Å²) < 4.78 is 18.6. The van der Waals surface area contributed by atoms with Crippen molar-refractivity contribution in [2.75, 3.05) is 26.6 Å². The summed E-state index contributed by atoms with van der Waals surface area (Å²) in [5.74, 6) is 2.62. The second kappa shape index (κ2) is 7.96. The molecule has 0 radical (unpaired) electrons. The number of rotatable bonds is 6. The molecule has 148 valence electrons. The monoisotopic (exact) mass is 455 g/mol. The van der Waals surface area contributed by atoms with Crippen molar-refractivity contribution in [3.63, 3.8) is 0 Å². The molecule has 4 rings (SSSR count). The van der Waals surface area contributed by atoms with E-state index in [1.54, 1.807) is 50.5 Å². The summed E-state index contributed by atoms with van der Waals surface area (Å²) in [5.41, 5.74) is 1.64. The Hall–Kier alpha value is -3.33. The lowest BCUT2D eigenvalue weighted by Gasteiger charge is -2.15. The third-order valence-electron chi connectivity index (χ3n) is 4.33. The zero-order valence-electron chi connectivity index (χ0n) is 16.0. The molecule has 4 aromatic rings. The highest BCUT2D eigenvalue weighted by Gasteiger charge is 2.15. The molecule has 0 amide bonds. The molecule has 8 nitrogen and oxygen atoms in total. The smallest absolute Gasteiger partial charge is 0.253 e. The first-order valence-corrected chi connectivity index (χ1v) is 9.46. The minimum Gasteiger partial charge on any atom is -0.493 e. The second-order valence-electron chi connectivity index (χ2n) is 6.02. The van der Waals surface area contributed by atoms with Gasteiger partial charge in [0.25, 0.3) is 5.95 Å². The minimum absolute atomic E-state index is 0.448. The van der Waals surface area contributed by atoms with Crippen LogP contribution in [-0.4, -0.2) is 41.1 Å². The second-order valence-corrected chi connectivity index (χ2v) is 6.88. The molecule has 0 atom stereocenters.